The maximum absolute atomic E-state index is 12.7. The highest BCUT2D eigenvalue weighted by molar-refractivity contribution is 8.01. The van der Waals surface area contributed by atoms with Crippen molar-refractivity contribution >= 4 is 17.7 Å². The number of hydrogen-bond donors (Lipinski definition) is 2. The number of halogens is 1. The van der Waals surface area contributed by atoms with E-state index in [1.54, 1.807) is 12.1 Å². The van der Waals surface area contributed by atoms with Gasteiger partial charge in [0.15, 0.2) is 0 Å². The first-order valence-electron chi connectivity index (χ1n) is 4.87. The summed E-state index contributed by atoms with van der Waals surface area (Å²) >= 11 is 1.18. The highest BCUT2D eigenvalue weighted by Gasteiger charge is 2.61. The Hall–Kier alpha value is -1.07. The molecule has 5 heteroatoms. The fraction of sp³-hybridized carbons (Fsp3) is 0.364. The molecule has 3 nitrogen and oxygen atoms in total. The molecule has 0 radical (unpaired) electrons. The van der Waals surface area contributed by atoms with Crippen LogP contribution in [0.5, 0.6) is 0 Å². The summed E-state index contributed by atoms with van der Waals surface area (Å²) in [5.41, 5.74) is 0. The highest BCUT2D eigenvalue weighted by Crippen LogP contribution is 2.56. The van der Waals surface area contributed by atoms with Gasteiger partial charge in [-0.15, -0.1) is 11.8 Å². The Morgan fingerprint density at radius 1 is 1.50 bits per heavy atom. The lowest BCUT2D eigenvalue weighted by atomic mass is 10.3. The normalized spacial score (nSPS) is 27.8. The van der Waals surface area contributed by atoms with Gasteiger partial charge in [0.05, 0.1) is 0 Å². The molecule has 1 aromatic carbocycles. The Morgan fingerprint density at radius 2 is 2.12 bits per heavy atom. The molecule has 2 N–H and O–H groups in total. The quantitative estimate of drug-likeness (QED) is 0.844. The fourth-order valence-electron chi connectivity index (χ4n) is 1.66. The van der Waals surface area contributed by atoms with Crippen molar-refractivity contribution in [2.75, 3.05) is 6.61 Å². The number of thioether (sulfide) groups is 1. The van der Waals surface area contributed by atoms with Crippen molar-refractivity contribution in [1.29, 1.82) is 0 Å². The van der Waals surface area contributed by atoms with E-state index in [1.165, 1.54) is 23.9 Å². The van der Waals surface area contributed by atoms with Crippen molar-refractivity contribution in [2.24, 2.45) is 5.92 Å². The van der Waals surface area contributed by atoms with Crippen molar-refractivity contribution in [1.82, 2.24) is 0 Å². The number of aliphatic hydroxyl groups is 1. The van der Waals surface area contributed by atoms with Crippen LogP contribution < -0.4 is 0 Å². The Morgan fingerprint density at radius 3 is 2.56 bits per heavy atom. The number of carbonyl (C=O) groups is 1. The summed E-state index contributed by atoms with van der Waals surface area (Å²) in [6, 6.07) is 5.71. The Balaban J connectivity index is 2.14. The maximum atomic E-state index is 12.7. The van der Waals surface area contributed by atoms with Crippen LogP contribution in [0.1, 0.15) is 6.42 Å². The lowest BCUT2D eigenvalue weighted by Gasteiger charge is -2.11. The predicted octanol–water partition coefficient (Wildman–Crippen LogP) is 1.75. The summed E-state index contributed by atoms with van der Waals surface area (Å²) in [5, 5.41) is 18.1. The summed E-state index contributed by atoms with van der Waals surface area (Å²) < 4.78 is 11.7. The van der Waals surface area contributed by atoms with E-state index in [-0.39, 0.29) is 18.3 Å². The highest BCUT2D eigenvalue weighted by atomic mass is 32.2. The summed E-state index contributed by atoms with van der Waals surface area (Å²) in [5.74, 6) is -1.47. The van der Waals surface area contributed by atoms with E-state index in [1.807, 2.05) is 0 Å². The molecular formula is C11H11FO3S. The first-order valence-corrected chi connectivity index (χ1v) is 5.69. The van der Waals surface area contributed by atoms with Crippen molar-refractivity contribution in [2.45, 2.75) is 16.1 Å². The Labute approximate surface area is 96.3 Å². The smallest absolute Gasteiger partial charge is 0.320 e. The number of benzene rings is 1. The van der Waals surface area contributed by atoms with Crippen molar-refractivity contribution in [3.8, 4) is 0 Å². The SMILES string of the molecule is O=C(O)C1(Sc2ccc(F)cc2)CC1CO. The molecule has 1 fully saturated rings. The first kappa shape index (κ1) is 11.4. The van der Waals surface area contributed by atoms with E-state index >= 15 is 0 Å². The second-order valence-corrected chi connectivity index (χ2v) is 5.24. The molecule has 1 aromatic rings. The monoisotopic (exact) mass is 242 g/mol. The molecule has 0 saturated heterocycles. The van der Waals surface area contributed by atoms with Gasteiger partial charge < -0.3 is 10.2 Å². The largest absolute Gasteiger partial charge is 0.480 e. The van der Waals surface area contributed by atoms with Crippen molar-refractivity contribution in [3.05, 3.63) is 30.1 Å². The summed E-state index contributed by atoms with van der Waals surface area (Å²) in [6.45, 7) is -0.125. The van der Waals surface area contributed by atoms with Crippen LogP contribution in [-0.2, 0) is 4.79 Å². The second kappa shape index (κ2) is 4.07. The number of aliphatic carboxylic acids is 1. The van der Waals surface area contributed by atoms with Crippen LogP contribution in [0.4, 0.5) is 4.39 Å². The maximum Gasteiger partial charge on any atom is 0.320 e. The molecule has 0 bridgehead atoms. The molecule has 86 valence electrons. The molecule has 0 aliphatic heterocycles. The lowest BCUT2D eigenvalue weighted by Crippen LogP contribution is -2.21. The van der Waals surface area contributed by atoms with E-state index in [9.17, 15) is 9.18 Å². The average Bonchev–Trinajstić information content (AvgIpc) is 2.97. The number of rotatable bonds is 4. The van der Waals surface area contributed by atoms with Gasteiger partial charge in [-0.3, -0.25) is 4.79 Å². The molecule has 0 amide bonds. The predicted molar refractivity (Wildman–Crippen MR) is 57.8 cm³/mol. The molecule has 2 unspecified atom stereocenters. The summed E-state index contributed by atoms with van der Waals surface area (Å²) in [7, 11) is 0. The standard InChI is InChI=1S/C11H11FO3S/c12-8-1-3-9(4-2-8)16-11(10(14)15)5-7(11)6-13/h1-4,7,13H,5-6H2,(H,14,15). The summed E-state index contributed by atoms with van der Waals surface area (Å²) in [4.78, 5) is 11.8. The van der Waals surface area contributed by atoms with Crippen LogP contribution in [0.25, 0.3) is 0 Å². The van der Waals surface area contributed by atoms with Gasteiger partial charge in [0.2, 0.25) is 0 Å². The first-order chi connectivity index (χ1) is 7.58. The lowest BCUT2D eigenvalue weighted by molar-refractivity contribution is -0.137. The van der Waals surface area contributed by atoms with Gasteiger partial charge in [0, 0.05) is 17.4 Å². The van der Waals surface area contributed by atoms with E-state index in [4.69, 9.17) is 10.2 Å². The van der Waals surface area contributed by atoms with E-state index < -0.39 is 10.7 Å². The minimum atomic E-state index is -0.924. The van der Waals surface area contributed by atoms with Gasteiger partial charge in [-0.1, -0.05) is 0 Å². The van der Waals surface area contributed by atoms with Crippen LogP contribution in [0.2, 0.25) is 0 Å². The topological polar surface area (TPSA) is 57.5 Å². The number of aliphatic hydroxyl groups excluding tert-OH is 1. The molecule has 2 atom stereocenters. The summed E-state index contributed by atoms with van der Waals surface area (Å²) in [6.07, 6.45) is 0.459. The fourth-order valence-corrected chi connectivity index (χ4v) is 2.97. The minimum absolute atomic E-state index is 0.125. The zero-order chi connectivity index (χ0) is 11.8. The molecule has 0 heterocycles. The van der Waals surface area contributed by atoms with Gasteiger partial charge in [0.1, 0.15) is 10.6 Å². The molecule has 0 aromatic heterocycles. The van der Waals surface area contributed by atoms with Crippen LogP contribution in [-0.4, -0.2) is 27.5 Å². The van der Waals surface area contributed by atoms with E-state index in [2.05, 4.69) is 0 Å². The third kappa shape index (κ3) is 1.92. The molecule has 1 aliphatic carbocycles. The zero-order valence-corrected chi connectivity index (χ0v) is 9.21. The van der Waals surface area contributed by atoms with Crippen LogP contribution in [0.3, 0.4) is 0 Å². The van der Waals surface area contributed by atoms with Crippen molar-refractivity contribution < 1.29 is 19.4 Å². The third-order valence-corrected chi connectivity index (χ3v) is 4.29. The van der Waals surface area contributed by atoms with Crippen LogP contribution in [0.15, 0.2) is 29.2 Å². The van der Waals surface area contributed by atoms with Gasteiger partial charge in [-0.05, 0) is 30.7 Å². The Kier molecular flexibility index (Phi) is 2.90. The zero-order valence-electron chi connectivity index (χ0n) is 8.39. The minimum Gasteiger partial charge on any atom is -0.480 e. The molecule has 0 spiro atoms. The average molecular weight is 242 g/mol. The van der Waals surface area contributed by atoms with Gasteiger partial charge in [-0.2, -0.15) is 0 Å². The van der Waals surface area contributed by atoms with Gasteiger partial charge in [-0.25, -0.2) is 4.39 Å². The number of carboxylic acids is 1. The number of hydrogen-bond acceptors (Lipinski definition) is 3. The third-order valence-electron chi connectivity index (χ3n) is 2.74. The van der Waals surface area contributed by atoms with Crippen LogP contribution >= 0.6 is 11.8 Å². The molecule has 2 rings (SSSR count). The Bertz CT molecular complexity index is 406. The molecular weight excluding hydrogens is 231 g/mol. The van der Waals surface area contributed by atoms with Crippen molar-refractivity contribution in [3.63, 3.8) is 0 Å². The molecule has 1 saturated carbocycles. The van der Waals surface area contributed by atoms with E-state index in [0.29, 0.717) is 11.3 Å². The van der Waals surface area contributed by atoms with Gasteiger partial charge >= 0.3 is 5.97 Å². The molecule has 16 heavy (non-hydrogen) atoms. The van der Waals surface area contributed by atoms with Crippen LogP contribution in [0, 0.1) is 11.7 Å². The van der Waals surface area contributed by atoms with Gasteiger partial charge in [0.25, 0.3) is 0 Å². The second-order valence-electron chi connectivity index (χ2n) is 3.83. The number of carboxylic acid groups (broad SMARTS) is 1. The van der Waals surface area contributed by atoms with E-state index in [0.717, 1.165) is 0 Å². The molecule has 1 aliphatic rings.